The lowest BCUT2D eigenvalue weighted by atomic mass is 9.99. The molecule has 0 fully saturated rings. The van der Waals surface area contributed by atoms with Gasteiger partial charge in [0.2, 0.25) is 17.7 Å². The van der Waals surface area contributed by atoms with Gasteiger partial charge in [-0.3, -0.25) is 14.4 Å². The molecule has 0 saturated heterocycles. The number of nitrogens with one attached hydrogen (secondary N) is 1. The van der Waals surface area contributed by atoms with Crippen molar-refractivity contribution in [3.05, 3.63) is 95.1 Å². The van der Waals surface area contributed by atoms with E-state index in [4.69, 9.17) is 5.73 Å². The van der Waals surface area contributed by atoms with E-state index in [-0.39, 0.29) is 11.1 Å². The lowest BCUT2D eigenvalue weighted by Gasteiger charge is -2.37. The summed E-state index contributed by atoms with van der Waals surface area (Å²) in [5.41, 5.74) is 5.61. The van der Waals surface area contributed by atoms with Gasteiger partial charge in [0.15, 0.2) is 0 Å². The van der Waals surface area contributed by atoms with Gasteiger partial charge in [0.05, 0.1) is 17.4 Å². The molecule has 192 valence electrons. The predicted octanol–water partition coefficient (Wildman–Crippen LogP) is 4.34. The van der Waals surface area contributed by atoms with Gasteiger partial charge in [0.25, 0.3) is 0 Å². The molecule has 0 spiro atoms. The van der Waals surface area contributed by atoms with Crippen LogP contribution in [-0.4, -0.2) is 34.7 Å². The average Bonchev–Trinajstić information content (AvgIpc) is 2.96. The third-order valence-corrected chi connectivity index (χ3v) is 7.29. The van der Waals surface area contributed by atoms with Gasteiger partial charge in [0, 0.05) is 16.5 Å². The van der Waals surface area contributed by atoms with Gasteiger partial charge in [-0.25, -0.2) is 17.6 Å². The van der Waals surface area contributed by atoms with Gasteiger partial charge in [0.1, 0.15) is 35.4 Å². The Morgan fingerprint density at radius 3 is 2.35 bits per heavy atom. The minimum Gasteiger partial charge on any atom is -0.368 e. The Kier molecular flexibility index (Phi) is 7.53. The summed E-state index contributed by atoms with van der Waals surface area (Å²) >= 11 is 0.996. The van der Waals surface area contributed by atoms with Gasteiger partial charge in [-0.05, 0) is 55.0 Å². The number of fused-ring (bicyclic) bond motifs is 1. The number of primary amides is 1. The highest BCUT2D eigenvalue weighted by atomic mass is 32.2. The van der Waals surface area contributed by atoms with E-state index in [2.05, 4.69) is 5.32 Å². The highest BCUT2D eigenvalue weighted by Crippen LogP contribution is 2.46. The molecule has 3 N–H and O–H groups in total. The first-order valence-corrected chi connectivity index (χ1v) is 12.0. The van der Waals surface area contributed by atoms with Crippen molar-refractivity contribution in [3.63, 3.8) is 0 Å². The average molecular weight is 532 g/mol. The molecule has 3 aromatic rings. The fourth-order valence-corrected chi connectivity index (χ4v) is 5.55. The molecule has 1 aliphatic heterocycles. The number of amides is 3. The molecule has 0 saturated carbocycles. The Balaban J connectivity index is 1.86. The van der Waals surface area contributed by atoms with Crippen molar-refractivity contribution >= 4 is 35.2 Å². The summed E-state index contributed by atoms with van der Waals surface area (Å²) in [5, 5.41) is 1.46. The second-order valence-electron chi connectivity index (χ2n) is 8.47. The first-order chi connectivity index (χ1) is 17.5. The van der Waals surface area contributed by atoms with E-state index < -0.39 is 64.7 Å². The van der Waals surface area contributed by atoms with Crippen LogP contribution >= 0.6 is 11.8 Å². The maximum Gasteiger partial charge on any atom is 0.248 e. The maximum atomic E-state index is 15.0. The number of nitrogens with zero attached hydrogens (tertiary/aromatic N) is 1. The number of carbonyl (C=O) groups excluding carboxylic acids is 3. The number of benzene rings is 3. The third-order valence-electron chi connectivity index (χ3n) is 5.91. The summed E-state index contributed by atoms with van der Waals surface area (Å²) in [6.07, 6.45) is -0.591. The number of nitrogens with two attached hydrogens (primary N) is 1. The Morgan fingerprint density at radius 2 is 1.68 bits per heavy atom. The number of halogens is 4. The molecule has 3 amide bonds. The highest BCUT2D eigenvalue weighted by Gasteiger charge is 2.44. The Bertz CT molecular complexity index is 1370. The first-order valence-electron chi connectivity index (χ1n) is 11.1. The lowest BCUT2D eigenvalue weighted by Crippen LogP contribution is -2.57. The first kappa shape index (κ1) is 26.2. The number of hydrogen-bond acceptors (Lipinski definition) is 4. The molecule has 0 aliphatic carbocycles. The summed E-state index contributed by atoms with van der Waals surface area (Å²) in [5.74, 6) is -6.07. The summed E-state index contributed by atoms with van der Waals surface area (Å²) in [4.78, 5) is 40.8. The van der Waals surface area contributed by atoms with Crippen molar-refractivity contribution < 1.29 is 31.9 Å². The molecule has 0 radical (unpaired) electrons. The second kappa shape index (κ2) is 10.6. The SMILES string of the molecule is C[C@@H](C(N)=O)N(C(=O)Cc1cc(F)cc(F)c1)[C@@H]1C(=O)Nc2ccccc2S[C@@H]1c1cc(F)ccc1F. The Labute approximate surface area is 213 Å². The monoisotopic (exact) mass is 531 g/mol. The van der Waals surface area contributed by atoms with Crippen LogP contribution in [0.4, 0.5) is 23.2 Å². The maximum absolute atomic E-state index is 15.0. The van der Waals surface area contributed by atoms with Crippen molar-refractivity contribution in [1.29, 1.82) is 0 Å². The number of rotatable bonds is 6. The third kappa shape index (κ3) is 5.61. The molecule has 0 unspecified atom stereocenters. The van der Waals surface area contributed by atoms with Crippen LogP contribution in [0.1, 0.15) is 23.3 Å². The summed E-state index contributed by atoms with van der Waals surface area (Å²) in [7, 11) is 0. The van der Waals surface area contributed by atoms with E-state index in [0.717, 1.165) is 47.0 Å². The van der Waals surface area contributed by atoms with Crippen molar-refractivity contribution in [3.8, 4) is 0 Å². The molecule has 6 nitrogen and oxygen atoms in total. The molecular weight excluding hydrogens is 510 g/mol. The fraction of sp³-hybridized carbons (Fsp3) is 0.192. The van der Waals surface area contributed by atoms with Gasteiger partial charge >= 0.3 is 0 Å². The molecular formula is C26H21F4N3O3S. The van der Waals surface area contributed by atoms with Gasteiger partial charge in [-0.15, -0.1) is 11.8 Å². The molecule has 3 atom stereocenters. The fourth-order valence-electron chi connectivity index (χ4n) is 4.18. The van der Waals surface area contributed by atoms with Crippen LogP contribution < -0.4 is 11.1 Å². The molecule has 0 aromatic heterocycles. The summed E-state index contributed by atoms with van der Waals surface area (Å²) < 4.78 is 56.8. The number of anilines is 1. The minimum atomic E-state index is -1.55. The summed E-state index contributed by atoms with van der Waals surface area (Å²) in [6.45, 7) is 1.28. The number of carbonyl (C=O) groups is 3. The van der Waals surface area contributed by atoms with E-state index in [1.54, 1.807) is 24.3 Å². The Hall–Kier alpha value is -3.86. The van der Waals surface area contributed by atoms with Crippen LogP contribution in [0.3, 0.4) is 0 Å². The van der Waals surface area contributed by atoms with Crippen molar-refractivity contribution in [1.82, 2.24) is 4.90 Å². The van der Waals surface area contributed by atoms with Gasteiger partial charge < -0.3 is 16.0 Å². The minimum absolute atomic E-state index is 0.0531. The van der Waals surface area contributed by atoms with Crippen molar-refractivity contribution in [2.45, 2.75) is 35.6 Å². The molecule has 3 aromatic carbocycles. The molecule has 1 aliphatic rings. The van der Waals surface area contributed by atoms with E-state index in [0.29, 0.717) is 16.6 Å². The molecule has 0 bridgehead atoms. The molecule has 4 rings (SSSR count). The van der Waals surface area contributed by atoms with Crippen LogP contribution in [0.2, 0.25) is 0 Å². The number of thioether (sulfide) groups is 1. The second-order valence-corrected chi connectivity index (χ2v) is 9.65. The zero-order valence-corrected chi connectivity index (χ0v) is 20.2. The van der Waals surface area contributed by atoms with E-state index in [1.165, 1.54) is 6.92 Å². The number of para-hydroxylation sites is 1. The summed E-state index contributed by atoms with van der Waals surface area (Å²) in [6, 6.07) is 8.90. The van der Waals surface area contributed by atoms with Crippen LogP contribution in [0.25, 0.3) is 0 Å². The zero-order chi connectivity index (χ0) is 26.9. The van der Waals surface area contributed by atoms with Crippen molar-refractivity contribution in [2.75, 3.05) is 5.32 Å². The van der Waals surface area contributed by atoms with Crippen molar-refractivity contribution in [2.24, 2.45) is 5.73 Å². The van der Waals surface area contributed by atoms with Crippen LogP contribution in [0, 0.1) is 23.3 Å². The molecule has 11 heteroatoms. The van der Waals surface area contributed by atoms with Crippen LogP contribution in [0.15, 0.2) is 65.6 Å². The lowest BCUT2D eigenvalue weighted by molar-refractivity contribution is -0.144. The molecule has 1 heterocycles. The smallest absolute Gasteiger partial charge is 0.248 e. The van der Waals surface area contributed by atoms with E-state index >= 15 is 4.39 Å². The van der Waals surface area contributed by atoms with Crippen LogP contribution in [-0.2, 0) is 20.8 Å². The normalized spacial score (nSPS) is 17.8. The van der Waals surface area contributed by atoms with E-state index in [9.17, 15) is 27.6 Å². The quantitative estimate of drug-likeness (QED) is 0.463. The predicted molar refractivity (Wildman–Crippen MR) is 129 cm³/mol. The standard InChI is InChI=1S/C26H21F4N3O3S/c1-13(25(31)35)33(22(34)10-14-8-16(28)11-17(29)9-14)23-24(18-12-15(27)6-7-19(18)30)37-21-5-3-2-4-20(21)32-26(23)36/h2-9,11-13,23-24H,10H2,1H3,(H2,31,35)(H,32,36)/t13-,23-,24+/m0/s1. The van der Waals surface area contributed by atoms with Crippen LogP contribution in [0.5, 0.6) is 0 Å². The van der Waals surface area contributed by atoms with Gasteiger partial charge in [-0.1, -0.05) is 12.1 Å². The molecule has 37 heavy (non-hydrogen) atoms. The zero-order valence-electron chi connectivity index (χ0n) is 19.4. The number of hydrogen-bond donors (Lipinski definition) is 2. The topological polar surface area (TPSA) is 92.5 Å². The highest BCUT2D eigenvalue weighted by molar-refractivity contribution is 7.99. The largest absolute Gasteiger partial charge is 0.368 e. The van der Waals surface area contributed by atoms with Gasteiger partial charge in [-0.2, -0.15) is 0 Å². The van der Waals surface area contributed by atoms with E-state index in [1.807, 2.05) is 0 Å². The Morgan fingerprint density at radius 1 is 1.00 bits per heavy atom.